The van der Waals surface area contributed by atoms with Crippen molar-refractivity contribution in [3.8, 4) is 5.75 Å². The van der Waals surface area contributed by atoms with E-state index in [1.807, 2.05) is 13.8 Å². The number of nitrogens with one attached hydrogen (secondary N) is 1. The minimum Gasteiger partial charge on any atom is -0.497 e. The van der Waals surface area contributed by atoms with Crippen molar-refractivity contribution in [1.29, 1.82) is 0 Å². The first kappa shape index (κ1) is 21.2. The first-order chi connectivity index (χ1) is 13.9. The van der Waals surface area contributed by atoms with Crippen molar-refractivity contribution in [2.24, 2.45) is 5.92 Å². The van der Waals surface area contributed by atoms with E-state index < -0.39 is 0 Å². The summed E-state index contributed by atoms with van der Waals surface area (Å²) in [4.78, 5) is 30.0. The fourth-order valence-electron chi connectivity index (χ4n) is 2.84. The molecule has 8 heteroatoms. The van der Waals surface area contributed by atoms with Crippen LogP contribution in [0.5, 0.6) is 5.75 Å². The van der Waals surface area contributed by atoms with Crippen LogP contribution in [0.1, 0.15) is 13.8 Å². The van der Waals surface area contributed by atoms with Gasteiger partial charge in [-0.1, -0.05) is 43.3 Å². The Hall–Kier alpha value is -2.51. The Morgan fingerprint density at radius 2 is 2.07 bits per heavy atom. The Kier molecular flexibility index (Phi) is 6.82. The molecule has 0 saturated carbocycles. The second-order valence-electron chi connectivity index (χ2n) is 6.93. The highest BCUT2D eigenvalue weighted by molar-refractivity contribution is 7.99. The van der Waals surface area contributed by atoms with Gasteiger partial charge < -0.3 is 10.1 Å². The van der Waals surface area contributed by atoms with Gasteiger partial charge in [0.25, 0.3) is 5.56 Å². The zero-order valence-electron chi connectivity index (χ0n) is 16.4. The van der Waals surface area contributed by atoms with Crippen molar-refractivity contribution in [1.82, 2.24) is 9.55 Å². The number of halogens is 1. The number of ether oxygens (including phenoxy) is 1. The van der Waals surface area contributed by atoms with Crippen LogP contribution in [0.3, 0.4) is 0 Å². The Bertz CT molecular complexity index is 1100. The summed E-state index contributed by atoms with van der Waals surface area (Å²) in [7, 11) is 1.57. The fraction of sp³-hybridized carbons (Fsp3) is 0.286. The van der Waals surface area contributed by atoms with Gasteiger partial charge in [-0.2, -0.15) is 0 Å². The number of carbonyl (C=O) groups excluding carboxylic acids is 1. The second-order valence-corrected chi connectivity index (χ2v) is 8.31. The van der Waals surface area contributed by atoms with Gasteiger partial charge in [0.05, 0.1) is 23.8 Å². The molecule has 1 amide bonds. The third-order valence-electron chi connectivity index (χ3n) is 4.11. The molecule has 0 saturated heterocycles. The monoisotopic (exact) mass is 431 g/mol. The minimum atomic E-state index is -0.190. The average Bonchev–Trinajstić information content (AvgIpc) is 2.69. The van der Waals surface area contributed by atoms with Crippen LogP contribution >= 0.6 is 23.4 Å². The standard InChI is InChI=1S/C21H22ClN3O3S/c1-13(2)11-25-20(27)17-9-14(22)7-8-18(17)24-21(25)29-12-19(26)23-15-5-4-6-16(10-15)28-3/h4-10,13H,11-12H2,1-3H3,(H,23,26). The number of hydrogen-bond acceptors (Lipinski definition) is 5. The van der Waals surface area contributed by atoms with Gasteiger partial charge in [-0.15, -0.1) is 0 Å². The lowest BCUT2D eigenvalue weighted by Crippen LogP contribution is -2.26. The summed E-state index contributed by atoms with van der Waals surface area (Å²) in [6.07, 6.45) is 0. The third-order valence-corrected chi connectivity index (χ3v) is 5.33. The lowest BCUT2D eigenvalue weighted by Gasteiger charge is -2.15. The lowest BCUT2D eigenvalue weighted by molar-refractivity contribution is -0.113. The number of fused-ring (bicyclic) bond motifs is 1. The number of methoxy groups -OCH3 is 1. The van der Waals surface area contributed by atoms with E-state index in [2.05, 4.69) is 10.3 Å². The predicted octanol–water partition coefficient (Wildman–Crippen LogP) is 4.45. The summed E-state index contributed by atoms with van der Waals surface area (Å²) >= 11 is 7.28. The largest absolute Gasteiger partial charge is 0.497 e. The molecule has 1 aromatic heterocycles. The van der Waals surface area contributed by atoms with Crippen LogP contribution < -0.4 is 15.6 Å². The first-order valence-corrected chi connectivity index (χ1v) is 10.5. The topological polar surface area (TPSA) is 73.2 Å². The summed E-state index contributed by atoms with van der Waals surface area (Å²) in [6, 6.07) is 12.2. The van der Waals surface area contributed by atoms with Gasteiger partial charge in [-0.05, 0) is 36.2 Å². The molecule has 152 valence electrons. The molecular weight excluding hydrogens is 410 g/mol. The van der Waals surface area contributed by atoms with Crippen LogP contribution in [0.2, 0.25) is 5.02 Å². The Labute approximate surface area is 178 Å². The molecule has 0 bridgehead atoms. The average molecular weight is 432 g/mol. The summed E-state index contributed by atoms with van der Waals surface area (Å²) < 4.78 is 6.78. The fourth-order valence-corrected chi connectivity index (χ4v) is 3.82. The number of rotatable bonds is 7. The number of carbonyl (C=O) groups is 1. The van der Waals surface area contributed by atoms with Crippen LogP contribution in [-0.4, -0.2) is 28.3 Å². The summed E-state index contributed by atoms with van der Waals surface area (Å²) in [6.45, 7) is 4.56. The second kappa shape index (κ2) is 9.33. The molecule has 0 aliphatic rings. The van der Waals surface area contributed by atoms with E-state index in [-0.39, 0.29) is 23.1 Å². The minimum absolute atomic E-state index is 0.126. The maximum atomic E-state index is 13.0. The Balaban J connectivity index is 1.83. The van der Waals surface area contributed by atoms with Gasteiger partial charge in [-0.3, -0.25) is 14.2 Å². The zero-order chi connectivity index (χ0) is 21.0. The molecule has 1 heterocycles. The summed E-state index contributed by atoms with van der Waals surface area (Å²) in [5.41, 5.74) is 1.06. The van der Waals surface area contributed by atoms with Gasteiger partial charge in [-0.25, -0.2) is 4.98 Å². The van der Waals surface area contributed by atoms with Gasteiger partial charge in [0.2, 0.25) is 5.91 Å². The quantitative estimate of drug-likeness (QED) is 0.442. The number of hydrogen-bond donors (Lipinski definition) is 1. The number of nitrogens with zero attached hydrogens (tertiary/aromatic N) is 2. The van der Waals surface area contributed by atoms with Crippen molar-refractivity contribution < 1.29 is 9.53 Å². The van der Waals surface area contributed by atoms with E-state index in [1.165, 1.54) is 11.8 Å². The van der Waals surface area contributed by atoms with E-state index in [0.29, 0.717) is 39.1 Å². The number of aromatic nitrogens is 2. The molecule has 29 heavy (non-hydrogen) atoms. The van der Waals surface area contributed by atoms with Crippen LogP contribution in [0.4, 0.5) is 5.69 Å². The first-order valence-electron chi connectivity index (χ1n) is 9.14. The summed E-state index contributed by atoms with van der Waals surface area (Å²) in [5.74, 6) is 0.845. The Morgan fingerprint density at radius 3 is 2.79 bits per heavy atom. The number of benzene rings is 2. The normalized spacial score (nSPS) is 11.1. The van der Waals surface area contributed by atoms with Crippen molar-refractivity contribution in [2.45, 2.75) is 25.5 Å². The SMILES string of the molecule is COc1cccc(NC(=O)CSc2nc3ccc(Cl)cc3c(=O)n2CC(C)C)c1. The van der Waals surface area contributed by atoms with Crippen LogP contribution in [-0.2, 0) is 11.3 Å². The Morgan fingerprint density at radius 1 is 1.28 bits per heavy atom. The molecule has 3 rings (SSSR count). The van der Waals surface area contributed by atoms with E-state index in [4.69, 9.17) is 16.3 Å². The molecule has 3 aromatic rings. The molecule has 2 aromatic carbocycles. The maximum Gasteiger partial charge on any atom is 0.262 e. The van der Waals surface area contributed by atoms with Crippen molar-refractivity contribution >= 4 is 45.9 Å². The van der Waals surface area contributed by atoms with Gasteiger partial charge in [0, 0.05) is 23.3 Å². The molecule has 0 aliphatic carbocycles. The molecule has 6 nitrogen and oxygen atoms in total. The van der Waals surface area contributed by atoms with Gasteiger partial charge in [0.15, 0.2) is 5.16 Å². The highest BCUT2D eigenvalue weighted by Gasteiger charge is 2.15. The molecule has 0 spiro atoms. The molecule has 0 radical (unpaired) electrons. The molecule has 0 aliphatic heterocycles. The molecule has 0 fully saturated rings. The van der Waals surface area contributed by atoms with E-state index in [1.54, 1.807) is 54.1 Å². The zero-order valence-corrected chi connectivity index (χ0v) is 18.0. The number of amides is 1. The van der Waals surface area contributed by atoms with Crippen molar-refractivity contribution in [3.05, 3.63) is 57.8 Å². The van der Waals surface area contributed by atoms with E-state index in [0.717, 1.165) is 0 Å². The van der Waals surface area contributed by atoms with Crippen LogP contribution in [0, 0.1) is 5.92 Å². The predicted molar refractivity (Wildman–Crippen MR) is 118 cm³/mol. The lowest BCUT2D eigenvalue weighted by atomic mass is 10.2. The number of thioether (sulfide) groups is 1. The van der Waals surface area contributed by atoms with Crippen molar-refractivity contribution in [3.63, 3.8) is 0 Å². The highest BCUT2D eigenvalue weighted by atomic mass is 35.5. The van der Waals surface area contributed by atoms with Crippen LogP contribution in [0.25, 0.3) is 10.9 Å². The van der Waals surface area contributed by atoms with Crippen molar-refractivity contribution in [2.75, 3.05) is 18.2 Å². The number of anilines is 1. The third kappa shape index (κ3) is 5.31. The smallest absolute Gasteiger partial charge is 0.262 e. The molecular formula is C21H22ClN3O3S. The highest BCUT2D eigenvalue weighted by Crippen LogP contribution is 2.22. The summed E-state index contributed by atoms with van der Waals surface area (Å²) in [5, 5.41) is 4.31. The van der Waals surface area contributed by atoms with Crippen LogP contribution in [0.15, 0.2) is 52.4 Å². The van der Waals surface area contributed by atoms with E-state index in [9.17, 15) is 9.59 Å². The maximum absolute atomic E-state index is 13.0. The van der Waals surface area contributed by atoms with Gasteiger partial charge in [0.1, 0.15) is 5.75 Å². The van der Waals surface area contributed by atoms with E-state index >= 15 is 0 Å². The molecule has 0 atom stereocenters. The molecule has 0 unspecified atom stereocenters. The van der Waals surface area contributed by atoms with Gasteiger partial charge >= 0.3 is 0 Å². The molecule has 1 N–H and O–H groups in total.